The normalized spacial score (nSPS) is 26.4. The number of hydrogen-bond donors (Lipinski definition) is 0. The summed E-state index contributed by atoms with van der Waals surface area (Å²) >= 11 is 0. The molecule has 4 aliphatic heterocycles. The first-order valence-corrected chi connectivity index (χ1v) is 14.4. The van der Waals surface area contributed by atoms with Gasteiger partial charge in [-0.25, -0.2) is 4.58 Å². The highest BCUT2D eigenvalue weighted by Gasteiger charge is 2.51. The molecule has 5 heteroatoms. The lowest BCUT2D eigenvalue weighted by Gasteiger charge is -2.41. The summed E-state index contributed by atoms with van der Waals surface area (Å²) in [6.07, 6.45) is 18.3. The first kappa shape index (κ1) is 24.4. The van der Waals surface area contributed by atoms with Gasteiger partial charge in [-0.1, -0.05) is 60.7 Å². The summed E-state index contributed by atoms with van der Waals surface area (Å²) in [5.74, 6) is 1.13. The number of nitrogens with zero attached hydrogens (tertiary/aromatic N) is 5. The molecule has 0 amide bonds. The second-order valence-corrected chi connectivity index (χ2v) is 11.6. The van der Waals surface area contributed by atoms with Gasteiger partial charge >= 0.3 is 0 Å². The topological polar surface area (TPSA) is 34.0 Å². The van der Waals surface area contributed by atoms with Gasteiger partial charge in [0.2, 0.25) is 5.69 Å². The molecule has 1 aromatic carbocycles. The SMILES string of the molecule is C=CC(=C)C1CCC2=C3[C](CCN(C(=C)C4=C[CH]C5=C(C)N=C[N+]5=C4)[C@H]3C1)[N+](c1ccc(C3CCC3)cc1)=N2. The van der Waals surface area contributed by atoms with E-state index in [1.165, 1.54) is 47.8 Å². The van der Waals surface area contributed by atoms with Crippen molar-refractivity contribution in [2.45, 2.75) is 63.8 Å². The van der Waals surface area contributed by atoms with E-state index in [0.717, 1.165) is 66.4 Å². The van der Waals surface area contributed by atoms with Crippen LogP contribution in [-0.2, 0) is 0 Å². The zero-order valence-corrected chi connectivity index (χ0v) is 22.9. The third-order valence-electron chi connectivity index (χ3n) is 9.54. The molecule has 0 bridgehead atoms. The third-order valence-corrected chi connectivity index (χ3v) is 9.54. The molecule has 2 radical (unpaired) electrons. The number of piperidine rings is 1. The van der Waals surface area contributed by atoms with Crippen LogP contribution in [-0.4, -0.2) is 39.3 Å². The Hall–Kier alpha value is -3.60. The maximum absolute atomic E-state index is 5.27. The van der Waals surface area contributed by atoms with Crippen LogP contribution in [0.3, 0.4) is 0 Å². The van der Waals surface area contributed by atoms with Gasteiger partial charge in [-0.05, 0) is 59.6 Å². The fourth-order valence-corrected chi connectivity index (χ4v) is 6.95. The van der Waals surface area contributed by atoms with E-state index in [1.807, 2.05) is 19.3 Å². The van der Waals surface area contributed by atoms with Crippen molar-refractivity contribution in [1.82, 2.24) is 4.90 Å². The highest BCUT2D eigenvalue weighted by atomic mass is 15.3. The molecule has 0 aromatic heterocycles. The fraction of sp³-hybridized carbons (Fsp3) is 0.353. The number of benzene rings is 1. The van der Waals surface area contributed by atoms with E-state index in [-0.39, 0.29) is 6.04 Å². The van der Waals surface area contributed by atoms with Crippen LogP contribution >= 0.6 is 0 Å². The van der Waals surface area contributed by atoms with Gasteiger partial charge in [0, 0.05) is 43.3 Å². The van der Waals surface area contributed by atoms with Gasteiger partial charge < -0.3 is 4.90 Å². The van der Waals surface area contributed by atoms with Gasteiger partial charge in [-0.15, -0.1) is 0 Å². The van der Waals surface area contributed by atoms with Gasteiger partial charge in [-0.2, -0.15) is 0 Å². The highest BCUT2D eigenvalue weighted by molar-refractivity contribution is 5.86. The molecule has 1 saturated heterocycles. The van der Waals surface area contributed by atoms with E-state index in [4.69, 9.17) is 5.11 Å². The largest absolute Gasteiger partial charge is 0.364 e. The van der Waals surface area contributed by atoms with Crippen molar-refractivity contribution in [3.8, 4) is 0 Å². The molecule has 0 spiro atoms. The second kappa shape index (κ2) is 9.55. The van der Waals surface area contributed by atoms with E-state index in [1.54, 1.807) is 0 Å². The average Bonchev–Trinajstić information content (AvgIpc) is 3.43. The van der Waals surface area contributed by atoms with Crippen molar-refractivity contribution in [2.24, 2.45) is 16.0 Å². The van der Waals surface area contributed by atoms with Crippen molar-refractivity contribution in [3.05, 3.63) is 114 Å². The van der Waals surface area contributed by atoms with Crippen molar-refractivity contribution in [2.75, 3.05) is 6.54 Å². The van der Waals surface area contributed by atoms with Crippen molar-refractivity contribution in [1.29, 1.82) is 0 Å². The minimum Gasteiger partial charge on any atom is -0.364 e. The minimum atomic E-state index is 0.212. The predicted molar refractivity (Wildman–Crippen MR) is 156 cm³/mol. The van der Waals surface area contributed by atoms with Crippen LogP contribution < -0.4 is 0 Å². The molecular formula is C34H37N5+2. The standard InChI is InChI=1S/C34H37N5/c1-5-22(2)27-11-15-30-34-32(39(36-30)29-13-9-26(10-14-29)25-7-6-8-25)17-18-38(33(34)19-27)24(4)28-12-16-31-23(3)35-21-37(31)20-28/h5,9-10,12-14,16,20-21,25,27,33H,1-2,4,6-8,11,15,17-19H2,3H3/q+2/t27?,33-/m0/s1. The predicted octanol–water partition coefficient (Wildman–Crippen LogP) is 7.48. The summed E-state index contributed by atoms with van der Waals surface area (Å²) in [5.41, 5.74) is 10.8. The molecule has 7 rings (SSSR count). The van der Waals surface area contributed by atoms with E-state index < -0.39 is 0 Å². The third kappa shape index (κ3) is 4.05. The Balaban J connectivity index is 1.20. The van der Waals surface area contributed by atoms with Crippen LogP contribution in [0.15, 0.2) is 106 Å². The maximum atomic E-state index is 5.27. The summed E-state index contributed by atoms with van der Waals surface area (Å²) in [7, 11) is 0. The van der Waals surface area contributed by atoms with Crippen LogP contribution in [0.5, 0.6) is 0 Å². The molecule has 196 valence electrons. The van der Waals surface area contributed by atoms with Gasteiger partial charge in [0.05, 0.1) is 18.0 Å². The Bertz CT molecular complexity index is 1460. The first-order valence-electron chi connectivity index (χ1n) is 14.4. The number of azo groups is 2. The molecule has 1 aromatic rings. The van der Waals surface area contributed by atoms with E-state index in [9.17, 15) is 0 Å². The molecule has 1 unspecified atom stereocenters. The van der Waals surface area contributed by atoms with Crippen molar-refractivity contribution >= 4 is 18.2 Å². The lowest BCUT2D eigenvalue weighted by Crippen LogP contribution is -2.45. The lowest BCUT2D eigenvalue weighted by molar-refractivity contribution is -0.487. The first-order chi connectivity index (χ1) is 19.0. The number of aliphatic imine (C=N–C) groups is 1. The lowest BCUT2D eigenvalue weighted by atomic mass is 9.80. The Morgan fingerprint density at radius 2 is 1.92 bits per heavy atom. The molecule has 5 nitrogen and oxygen atoms in total. The maximum Gasteiger partial charge on any atom is 0.291 e. The molecule has 2 aliphatic carbocycles. The summed E-state index contributed by atoms with van der Waals surface area (Å²) in [5, 5.41) is 5.27. The molecule has 0 N–H and O–H groups in total. The second-order valence-electron chi connectivity index (χ2n) is 11.6. The molecule has 4 heterocycles. The Kier molecular flexibility index (Phi) is 5.98. The fourth-order valence-electron chi connectivity index (χ4n) is 6.95. The summed E-state index contributed by atoms with van der Waals surface area (Å²) in [6, 6.07) is 10.8. The number of likely N-dealkylation sites (tertiary alicyclic amines) is 1. The number of fused-ring (bicyclic) bond motifs is 1. The summed E-state index contributed by atoms with van der Waals surface area (Å²) < 4.78 is 4.35. The number of allylic oxidation sites excluding steroid dienone is 6. The molecule has 6 aliphatic rings. The molecule has 1 saturated carbocycles. The molecule has 2 fully saturated rings. The van der Waals surface area contributed by atoms with Crippen LogP contribution in [0.4, 0.5) is 5.69 Å². The Morgan fingerprint density at radius 3 is 2.67 bits per heavy atom. The Labute approximate surface area is 232 Å². The van der Waals surface area contributed by atoms with E-state index in [2.05, 4.69) is 81.9 Å². The number of hydrogen-bond acceptors (Lipinski definition) is 3. The van der Waals surface area contributed by atoms with Crippen LogP contribution in [0.2, 0.25) is 0 Å². The number of rotatable bonds is 6. The van der Waals surface area contributed by atoms with Crippen LogP contribution in [0, 0.1) is 18.4 Å². The smallest absolute Gasteiger partial charge is 0.291 e. The zero-order chi connectivity index (χ0) is 26.7. The average molecular weight is 516 g/mol. The summed E-state index contributed by atoms with van der Waals surface area (Å²) in [4.78, 5) is 7.01. The summed E-state index contributed by atoms with van der Waals surface area (Å²) in [6.45, 7) is 16.0. The van der Waals surface area contributed by atoms with Gasteiger partial charge in [-0.3, -0.25) is 0 Å². The van der Waals surface area contributed by atoms with Gasteiger partial charge in [0.1, 0.15) is 11.9 Å². The molecule has 2 atom stereocenters. The van der Waals surface area contributed by atoms with Crippen molar-refractivity contribution in [3.63, 3.8) is 0 Å². The van der Waals surface area contributed by atoms with Crippen LogP contribution in [0.1, 0.15) is 63.4 Å². The van der Waals surface area contributed by atoms with Gasteiger partial charge in [0.15, 0.2) is 11.4 Å². The zero-order valence-electron chi connectivity index (χ0n) is 22.9. The monoisotopic (exact) mass is 515 g/mol. The minimum absolute atomic E-state index is 0.212. The van der Waals surface area contributed by atoms with Gasteiger partial charge in [0.25, 0.3) is 12.4 Å². The van der Waals surface area contributed by atoms with E-state index in [0.29, 0.717) is 5.92 Å². The highest BCUT2D eigenvalue weighted by Crippen LogP contribution is 2.49. The molecule has 39 heavy (non-hydrogen) atoms. The molecular weight excluding hydrogens is 478 g/mol. The van der Waals surface area contributed by atoms with Crippen LogP contribution in [0.25, 0.3) is 0 Å². The Morgan fingerprint density at radius 1 is 1.10 bits per heavy atom. The van der Waals surface area contributed by atoms with Crippen molar-refractivity contribution < 1.29 is 9.27 Å². The quantitative estimate of drug-likeness (QED) is 0.286. The van der Waals surface area contributed by atoms with E-state index >= 15 is 0 Å².